The average molecular weight is 356 g/mol. The second-order valence-corrected chi connectivity index (χ2v) is 6.30. The predicted molar refractivity (Wildman–Crippen MR) is 84.2 cm³/mol. The number of carboxylic acid groups (broad SMARTS) is 1. The minimum Gasteiger partial charge on any atom is -0.484 e. The van der Waals surface area contributed by atoms with Crippen LogP contribution in [0.5, 0.6) is 5.75 Å². The fourth-order valence-electron chi connectivity index (χ4n) is 1.50. The Morgan fingerprint density at radius 1 is 1.38 bits per heavy atom. The molecule has 0 bridgehead atoms. The molecule has 6 heteroatoms. The fourth-order valence-corrected chi connectivity index (χ4v) is 1.88. The minimum atomic E-state index is -1.03. The summed E-state index contributed by atoms with van der Waals surface area (Å²) in [5.74, 6) is -0.752. The number of carbonyl (C=O) groups is 2. The van der Waals surface area contributed by atoms with E-state index in [2.05, 4.69) is 21.2 Å². The minimum absolute atomic E-state index is 0.0962. The summed E-state index contributed by atoms with van der Waals surface area (Å²) in [5, 5.41) is 11.4. The highest BCUT2D eigenvalue weighted by Gasteiger charge is 2.14. The molecule has 2 N–H and O–H groups in total. The standard InChI is InChI=1S/C15H18BrNO4/c1-15(2,3)17-13(18)9-21-11-5-6-12(16)10(8-11)4-7-14(19)20/h4-8H,9H2,1-3H3,(H,17,18)(H,19,20)/b7-4+. The molecule has 0 unspecified atom stereocenters. The van der Waals surface area contributed by atoms with E-state index in [1.807, 2.05) is 20.8 Å². The van der Waals surface area contributed by atoms with Crippen LogP contribution in [0.25, 0.3) is 6.08 Å². The lowest BCUT2D eigenvalue weighted by molar-refractivity contribution is -0.131. The SMILES string of the molecule is CC(C)(C)NC(=O)COc1ccc(Br)c(/C=C/C(=O)O)c1. The molecule has 0 saturated carbocycles. The average Bonchev–Trinajstić information content (AvgIpc) is 2.34. The number of hydrogen-bond acceptors (Lipinski definition) is 3. The van der Waals surface area contributed by atoms with Crippen LogP contribution in [-0.4, -0.2) is 29.1 Å². The highest BCUT2D eigenvalue weighted by molar-refractivity contribution is 9.10. The van der Waals surface area contributed by atoms with Crippen molar-refractivity contribution < 1.29 is 19.4 Å². The largest absolute Gasteiger partial charge is 0.484 e. The van der Waals surface area contributed by atoms with Gasteiger partial charge in [0, 0.05) is 16.1 Å². The third kappa shape index (κ3) is 6.94. The predicted octanol–water partition coefficient (Wildman–Crippen LogP) is 2.84. The number of rotatable bonds is 5. The van der Waals surface area contributed by atoms with Gasteiger partial charge in [-0.3, -0.25) is 4.79 Å². The highest BCUT2D eigenvalue weighted by Crippen LogP contribution is 2.23. The molecule has 0 atom stereocenters. The summed E-state index contributed by atoms with van der Waals surface area (Å²) in [6, 6.07) is 5.10. The summed E-state index contributed by atoms with van der Waals surface area (Å²) in [4.78, 5) is 22.2. The molecule has 1 aromatic carbocycles. The van der Waals surface area contributed by atoms with Crippen LogP contribution in [0.4, 0.5) is 0 Å². The Morgan fingerprint density at radius 2 is 2.05 bits per heavy atom. The zero-order chi connectivity index (χ0) is 16.0. The Balaban J connectivity index is 2.70. The molecule has 0 aliphatic carbocycles. The topological polar surface area (TPSA) is 75.6 Å². The van der Waals surface area contributed by atoms with Crippen LogP contribution in [0.3, 0.4) is 0 Å². The lowest BCUT2D eigenvalue weighted by Gasteiger charge is -2.20. The third-order valence-corrected chi connectivity index (χ3v) is 2.98. The first-order valence-corrected chi connectivity index (χ1v) is 7.11. The Kier molecular flexibility index (Phi) is 5.96. The van der Waals surface area contributed by atoms with Crippen LogP contribution < -0.4 is 10.1 Å². The van der Waals surface area contributed by atoms with E-state index >= 15 is 0 Å². The van der Waals surface area contributed by atoms with E-state index < -0.39 is 5.97 Å². The molecule has 0 heterocycles. The number of benzene rings is 1. The molecule has 0 aliphatic heterocycles. The molecule has 0 spiro atoms. The molecular weight excluding hydrogens is 338 g/mol. The van der Waals surface area contributed by atoms with Gasteiger partial charge in [0.25, 0.3) is 5.91 Å². The molecule has 0 aliphatic rings. The zero-order valence-corrected chi connectivity index (χ0v) is 13.7. The van der Waals surface area contributed by atoms with Gasteiger partial charge in [0.05, 0.1) is 0 Å². The first kappa shape index (κ1) is 17.2. The summed E-state index contributed by atoms with van der Waals surface area (Å²) >= 11 is 3.32. The van der Waals surface area contributed by atoms with E-state index in [0.717, 1.165) is 10.5 Å². The lowest BCUT2D eigenvalue weighted by atomic mass is 10.1. The van der Waals surface area contributed by atoms with Crippen molar-refractivity contribution in [2.75, 3.05) is 6.61 Å². The molecule has 0 radical (unpaired) electrons. The van der Waals surface area contributed by atoms with Crippen molar-refractivity contribution in [3.05, 3.63) is 34.3 Å². The molecule has 0 saturated heterocycles. The number of hydrogen-bond donors (Lipinski definition) is 2. The van der Waals surface area contributed by atoms with Crippen molar-refractivity contribution in [2.45, 2.75) is 26.3 Å². The van der Waals surface area contributed by atoms with Gasteiger partial charge in [-0.25, -0.2) is 4.79 Å². The van der Waals surface area contributed by atoms with Crippen LogP contribution in [0.1, 0.15) is 26.3 Å². The quantitative estimate of drug-likeness (QED) is 0.796. The van der Waals surface area contributed by atoms with Crippen molar-refractivity contribution in [1.82, 2.24) is 5.32 Å². The molecule has 1 aromatic rings. The normalized spacial score (nSPS) is 11.4. The number of nitrogens with one attached hydrogen (secondary N) is 1. The van der Waals surface area contributed by atoms with Gasteiger partial charge in [0.15, 0.2) is 6.61 Å². The fraction of sp³-hybridized carbons (Fsp3) is 0.333. The number of halogens is 1. The first-order valence-electron chi connectivity index (χ1n) is 6.32. The van der Waals surface area contributed by atoms with Gasteiger partial charge < -0.3 is 15.2 Å². The van der Waals surface area contributed by atoms with Crippen molar-refractivity contribution in [2.24, 2.45) is 0 Å². The molecule has 21 heavy (non-hydrogen) atoms. The van der Waals surface area contributed by atoms with Crippen molar-refractivity contribution in [1.29, 1.82) is 0 Å². The van der Waals surface area contributed by atoms with E-state index in [1.54, 1.807) is 18.2 Å². The summed E-state index contributed by atoms with van der Waals surface area (Å²) in [6.07, 6.45) is 2.49. The number of ether oxygens (including phenoxy) is 1. The van der Waals surface area contributed by atoms with E-state index in [9.17, 15) is 9.59 Å². The molecular formula is C15H18BrNO4. The van der Waals surface area contributed by atoms with E-state index in [0.29, 0.717) is 11.3 Å². The van der Waals surface area contributed by atoms with Gasteiger partial charge in [0.1, 0.15) is 5.75 Å². The van der Waals surface area contributed by atoms with Crippen LogP contribution >= 0.6 is 15.9 Å². The van der Waals surface area contributed by atoms with Gasteiger partial charge in [0.2, 0.25) is 0 Å². The van der Waals surface area contributed by atoms with Gasteiger partial charge in [-0.2, -0.15) is 0 Å². The van der Waals surface area contributed by atoms with Crippen molar-refractivity contribution in [3.63, 3.8) is 0 Å². The monoisotopic (exact) mass is 355 g/mol. The summed E-state index contributed by atoms with van der Waals surface area (Å²) in [6.45, 7) is 5.57. The Labute approximate surface area is 132 Å². The number of carboxylic acids is 1. The van der Waals surface area contributed by atoms with Crippen LogP contribution in [-0.2, 0) is 9.59 Å². The second-order valence-electron chi connectivity index (χ2n) is 5.44. The van der Waals surface area contributed by atoms with Crippen LogP contribution in [0, 0.1) is 0 Å². The van der Waals surface area contributed by atoms with Crippen molar-refractivity contribution in [3.8, 4) is 5.75 Å². The van der Waals surface area contributed by atoms with Gasteiger partial charge in [-0.1, -0.05) is 15.9 Å². The van der Waals surface area contributed by atoms with E-state index in [-0.39, 0.29) is 18.1 Å². The molecule has 0 fully saturated rings. The van der Waals surface area contributed by atoms with Crippen LogP contribution in [0.2, 0.25) is 0 Å². The summed E-state index contributed by atoms with van der Waals surface area (Å²) in [7, 11) is 0. The zero-order valence-electron chi connectivity index (χ0n) is 12.1. The van der Waals surface area contributed by atoms with Crippen LogP contribution in [0.15, 0.2) is 28.7 Å². The van der Waals surface area contributed by atoms with Gasteiger partial charge in [-0.05, 0) is 50.6 Å². The Hall–Kier alpha value is -1.82. The molecule has 5 nitrogen and oxygen atoms in total. The molecule has 0 aromatic heterocycles. The van der Waals surface area contributed by atoms with Gasteiger partial charge >= 0.3 is 5.97 Å². The third-order valence-electron chi connectivity index (χ3n) is 2.26. The molecule has 1 amide bonds. The number of carbonyl (C=O) groups excluding carboxylic acids is 1. The second kappa shape index (κ2) is 7.26. The maximum atomic E-state index is 11.7. The smallest absolute Gasteiger partial charge is 0.328 e. The summed E-state index contributed by atoms with van der Waals surface area (Å²) < 4.78 is 6.14. The van der Waals surface area contributed by atoms with Gasteiger partial charge in [-0.15, -0.1) is 0 Å². The molecule has 114 valence electrons. The maximum absolute atomic E-state index is 11.7. The number of aliphatic carboxylic acids is 1. The Bertz CT molecular complexity index is 561. The van der Waals surface area contributed by atoms with Crippen molar-refractivity contribution >= 4 is 33.9 Å². The number of amides is 1. The first-order chi connectivity index (χ1) is 9.67. The Morgan fingerprint density at radius 3 is 2.62 bits per heavy atom. The highest BCUT2D eigenvalue weighted by atomic mass is 79.9. The van der Waals surface area contributed by atoms with E-state index in [1.165, 1.54) is 6.08 Å². The lowest BCUT2D eigenvalue weighted by Crippen LogP contribution is -2.43. The van der Waals surface area contributed by atoms with E-state index in [4.69, 9.17) is 9.84 Å². The molecule has 1 rings (SSSR count). The maximum Gasteiger partial charge on any atom is 0.328 e. The summed E-state index contributed by atoms with van der Waals surface area (Å²) in [5.41, 5.74) is 0.348.